The molecule has 2 aromatic carbocycles. The maximum absolute atomic E-state index is 12.8. The van der Waals surface area contributed by atoms with E-state index in [9.17, 15) is 22.8 Å². The van der Waals surface area contributed by atoms with Crippen molar-refractivity contribution in [1.29, 1.82) is 0 Å². The third-order valence-corrected chi connectivity index (χ3v) is 6.28. The molecule has 1 aliphatic rings. The SMILES string of the molecule is Cc1cccc(C)c1NC(=O)CN(C)C(=O)CN1CCCN(Cc2ccc(C(F)(F)F)cc2)CC1. The first-order valence-electron chi connectivity index (χ1n) is 11.7. The molecular weight excluding hydrogens is 457 g/mol. The molecule has 1 saturated heterocycles. The molecule has 1 fully saturated rings. The van der Waals surface area contributed by atoms with Crippen molar-refractivity contribution in [2.75, 3.05) is 51.6 Å². The van der Waals surface area contributed by atoms with Gasteiger partial charge in [0.15, 0.2) is 0 Å². The highest BCUT2D eigenvalue weighted by Crippen LogP contribution is 2.29. The molecule has 0 unspecified atom stereocenters. The minimum absolute atomic E-state index is 0.0273. The first-order valence-corrected chi connectivity index (χ1v) is 11.7. The van der Waals surface area contributed by atoms with Crippen molar-refractivity contribution in [1.82, 2.24) is 14.7 Å². The van der Waals surface area contributed by atoms with Gasteiger partial charge in [-0.25, -0.2) is 0 Å². The van der Waals surface area contributed by atoms with Crippen LogP contribution in [0.5, 0.6) is 0 Å². The van der Waals surface area contributed by atoms with Crippen LogP contribution in [0.4, 0.5) is 18.9 Å². The van der Waals surface area contributed by atoms with Gasteiger partial charge >= 0.3 is 6.18 Å². The molecule has 0 atom stereocenters. The summed E-state index contributed by atoms with van der Waals surface area (Å²) in [5, 5.41) is 2.90. The van der Waals surface area contributed by atoms with Crippen LogP contribution in [0.3, 0.4) is 0 Å². The van der Waals surface area contributed by atoms with Crippen LogP contribution in [0, 0.1) is 13.8 Å². The molecule has 0 aliphatic carbocycles. The number of amides is 2. The van der Waals surface area contributed by atoms with Gasteiger partial charge in [0, 0.05) is 32.4 Å². The number of para-hydroxylation sites is 1. The predicted molar refractivity (Wildman–Crippen MR) is 130 cm³/mol. The Morgan fingerprint density at radius 1 is 0.943 bits per heavy atom. The van der Waals surface area contributed by atoms with Crippen LogP contribution in [-0.4, -0.2) is 72.8 Å². The number of nitrogens with one attached hydrogen (secondary N) is 1. The summed E-state index contributed by atoms with van der Waals surface area (Å²) in [7, 11) is 1.63. The molecular formula is C26H33F3N4O2. The molecule has 0 saturated carbocycles. The molecule has 0 spiro atoms. The van der Waals surface area contributed by atoms with E-state index in [1.54, 1.807) is 7.05 Å². The molecule has 190 valence electrons. The molecule has 2 amide bonds. The molecule has 9 heteroatoms. The average Bonchev–Trinajstić information content (AvgIpc) is 3.01. The Hall–Kier alpha value is -2.91. The van der Waals surface area contributed by atoms with Crippen LogP contribution in [0.25, 0.3) is 0 Å². The number of hydrogen-bond donors (Lipinski definition) is 1. The van der Waals surface area contributed by atoms with E-state index in [-0.39, 0.29) is 24.9 Å². The largest absolute Gasteiger partial charge is 0.416 e. The van der Waals surface area contributed by atoms with Crippen molar-refractivity contribution in [3.8, 4) is 0 Å². The Kier molecular flexibility index (Phi) is 8.91. The van der Waals surface area contributed by atoms with E-state index in [0.717, 1.165) is 54.0 Å². The summed E-state index contributed by atoms with van der Waals surface area (Å²) >= 11 is 0. The average molecular weight is 491 g/mol. The van der Waals surface area contributed by atoms with Gasteiger partial charge in [-0.05, 0) is 62.2 Å². The highest BCUT2D eigenvalue weighted by atomic mass is 19.4. The molecule has 1 N–H and O–H groups in total. The van der Waals surface area contributed by atoms with Gasteiger partial charge in [0.1, 0.15) is 0 Å². The Bertz CT molecular complexity index is 1000. The molecule has 1 heterocycles. The molecule has 2 aromatic rings. The Morgan fingerprint density at radius 2 is 1.54 bits per heavy atom. The zero-order valence-corrected chi connectivity index (χ0v) is 20.5. The second kappa shape index (κ2) is 11.7. The smallest absolute Gasteiger partial charge is 0.335 e. The topological polar surface area (TPSA) is 55.9 Å². The van der Waals surface area contributed by atoms with E-state index in [1.165, 1.54) is 17.0 Å². The lowest BCUT2D eigenvalue weighted by atomic mass is 10.1. The second-order valence-electron chi connectivity index (χ2n) is 9.17. The summed E-state index contributed by atoms with van der Waals surface area (Å²) in [6.07, 6.45) is -3.48. The summed E-state index contributed by atoms with van der Waals surface area (Å²) < 4.78 is 38.3. The minimum atomic E-state index is -4.33. The van der Waals surface area contributed by atoms with Crippen LogP contribution < -0.4 is 5.32 Å². The quantitative estimate of drug-likeness (QED) is 0.639. The Labute approximate surface area is 204 Å². The van der Waals surface area contributed by atoms with E-state index in [0.29, 0.717) is 19.6 Å². The zero-order chi connectivity index (χ0) is 25.6. The van der Waals surface area contributed by atoms with Crippen molar-refractivity contribution >= 4 is 17.5 Å². The van der Waals surface area contributed by atoms with Gasteiger partial charge in [-0.1, -0.05) is 30.3 Å². The second-order valence-corrected chi connectivity index (χ2v) is 9.17. The van der Waals surface area contributed by atoms with Crippen LogP contribution in [0.1, 0.15) is 28.7 Å². The maximum Gasteiger partial charge on any atom is 0.416 e. The van der Waals surface area contributed by atoms with Crippen molar-refractivity contribution < 1.29 is 22.8 Å². The molecule has 35 heavy (non-hydrogen) atoms. The van der Waals surface area contributed by atoms with Gasteiger partial charge in [-0.15, -0.1) is 0 Å². The first-order chi connectivity index (χ1) is 16.5. The summed E-state index contributed by atoms with van der Waals surface area (Å²) in [6, 6.07) is 11.1. The van der Waals surface area contributed by atoms with Gasteiger partial charge in [0.25, 0.3) is 0 Å². The van der Waals surface area contributed by atoms with Crippen molar-refractivity contribution in [2.45, 2.75) is 33.0 Å². The summed E-state index contributed by atoms with van der Waals surface area (Å²) in [5.41, 5.74) is 2.90. The number of benzene rings is 2. The minimum Gasteiger partial charge on any atom is -0.335 e. The van der Waals surface area contributed by atoms with E-state index in [4.69, 9.17) is 0 Å². The van der Waals surface area contributed by atoms with Gasteiger partial charge in [-0.2, -0.15) is 13.2 Å². The fourth-order valence-corrected chi connectivity index (χ4v) is 4.20. The normalized spacial score (nSPS) is 15.5. The van der Waals surface area contributed by atoms with E-state index < -0.39 is 11.7 Å². The third-order valence-electron chi connectivity index (χ3n) is 6.28. The molecule has 0 radical (unpaired) electrons. The number of alkyl halides is 3. The van der Waals surface area contributed by atoms with E-state index in [1.807, 2.05) is 32.0 Å². The van der Waals surface area contributed by atoms with Crippen molar-refractivity contribution in [3.05, 3.63) is 64.7 Å². The molecule has 0 bridgehead atoms. The Morgan fingerprint density at radius 3 is 2.17 bits per heavy atom. The number of likely N-dealkylation sites (N-methyl/N-ethyl adjacent to an activating group) is 1. The molecule has 1 aliphatic heterocycles. The number of carbonyl (C=O) groups is 2. The number of halogens is 3. The Balaban J connectivity index is 1.45. The fraction of sp³-hybridized carbons (Fsp3) is 0.462. The van der Waals surface area contributed by atoms with Crippen molar-refractivity contribution in [2.24, 2.45) is 0 Å². The first kappa shape index (κ1) is 26.7. The van der Waals surface area contributed by atoms with Crippen LogP contribution in [0.2, 0.25) is 0 Å². The summed E-state index contributed by atoms with van der Waals surface area (Å²) in [5.74, 6) is -0.366. The highest BCUT2D eigenvalue weighted by Gasteiger charge is 2.30. The van der Waals surface area contributed by atoms with Gasteiger partial charge in [0.2, 0.25) is 11.8 Å². The highest BCUT2D eigenvalue weighted by molar-refractivity contribution is 5.95. The van der Waals surface area contributed by atoms with Gasteiger partial charge in [-0.3, -0.25) is 19.4 Å². The van der Waals surface area contributed by atoms with Crippen LogP contribution >= 0.6 is 0 Å². The summed E-state index contributed by atoms with van der Waals surface area (Å²) in [6.45, 7) is 7.56. The lowest BCUT2D eigenvalue weighted by Gasteiger charge is -2.24. The summed E-state index contributed by atoms with van der Waals surface area (Å²) in [4.78, 5) is 30.9. The molecule has 3 rings (SSSR count). The van der Waals surface area contributed by atoms with E-state index >= 15 is 0 Å². The standard InChI is InChI=1S/C26H33F3N4O2/c1-19-6-4-7-20(2)25(19)30-23(34)17-31(3)24(35)18-33-13-5-12-32(14-15-33)16-21-8-10-22(11-9-21)26(27,28)29/h4,6-11H,5,12-18H2,1-3H3,(H,30,34). The number of aryl methyl sites for hydroxylation is 2. The van der Waals surface area contributed by atoms with Crippen LogP contribution in [0.15, 0.2) is 42.5 Å². The lowest BCUT2D eigenvalue weighted by molar-refractivity contribution is -0.137. The molecule has 6 nitrogen and oxygen atoms in total. The number of nitrogens with zero attached hydrogens (tertiary/aromatic N) is 3. The lowest BCUT2D eigenvalue weighted by Crippen LogP contribution is -2.42. The number of carbonyl (C=O) groups excluding carboxylic acids is 2. The third kappa shape index (κ3) is 7.80. The zero-order valence-electron chi connectivity index (χ0n) is 20.5. The maximum atomic E-state index is 12.8. The van der Waals surface area contributed by atoms with Crippen LogP contribution in [-0.2, 0) is 22.3 Å². The number of hydrogen-bond acceptors (Lipinski definition) is 4. The monoisotopic (exact) mass is 490 g/mol. The van der Waals surface area contributed by atoms with Gasteiger partial charge in [0.05, 0.1) is 18.7 Å². The fourth-order valence-electron chi connectivity index (χ4n) is 4.20. The number of anilines is 1. The van der Waals surface area contributed by atoms with Gasteiger partial charge < -0.3 is 10.2 Å². The molecule has 0 aromatic heterocycles. The predicted octanol–water partition coefficient (Wildman–Crippen LogP) is 3.93. The van der Waals surface area contributed by atoms with E-state index in [2.05, 4.69) is 15.1 Å². The van der Waals surface area contributed by atoms with Crippen molar-refractivity contribution in [3.63, 3.8) is 0 Å². The number of rotatable bonds is 7.